The van der Waals surface area contributed by atoms with Crippen molar-refractivity contribution in [2.75, 3.05) is 6.54 Å². The molecule has 2 heterocycles. The molecule has 14 heteroatoms. The molecule has 2 aliphatic carbocycles. The van der Waals surface area contributed by atoms with Gasteiger partial charge in [0, 0.05) is 17.5 Å². The van der Waals surface area contributed by atoms with Gasteiger partial charge in [0.25, 0.3) is 5.91 Å². The molecule has 51 heavy (non-hydrogen) atoms. The monoisotopic (exact) mass is 725 g/mol. The summed E-state index contributed by atoms with van der Waals surface area (Å²) in [5.74, 6) is -1.73. The quantitative estimate of drug-likeness (QED) is 0.289. The maximum Gasteiger partial charge on any atom is 0.408 e. The van der Waals surface area contributed by atoms with Gasteiger partial charge < -0.3 is 25.0 Å². The molecule has 3 N–H and O–H groups in total. The Hall–Kier alpha value is -4.20. The molecule has 1 saturated heterocycles. The third kappa shape index (κ3) is 8.65. The van der Waals surface area contributed by atoms with Crippen LogP contribution in [0.15, 0.2) is 36.9 Å². The van der Waals surface area contributed by atoms with Gasteiger partial charge in [-0.15, -0.1) is 6.58 Å². The zero-order valence-electron chi connectivity index (χ0n) is 30.6. The Bertz CT molecular complexity index is 1830. The number of fused-ring (bicyclic) bond motifs is 3. The number of hydrogen-bond acceptors (Lipinski definition) is 9. The topological polar surface area (TPSA) is 173 Å². The molecule has 3 aliphatic rings. The minimum absolute atomic E-state index is 0.0208. The Morgan fingerprint density at radius 3 is 2.31 bits per heavy atom. The van der Waals surface area contributed by atoms with Gasteiger partial charge in [0.15, 0.2) is 0 Å². The molecule has 0 unspecified atom stereocenters. The summed E-state index contributed by atoms with van der Waals surface area (Å²) < 4.78 is 39.5. The van der Waals surface area contributed by atoms with Gasteiger partial charge in [0.1, 0.15) is 29.3 Å². The van der Waals surface area contributed by atoms with Crippen LogP contribution < -0.4 is 20.1 Å². The second-order valence-electron chi connectivity index (χ2n) is 16.2. The van der Waals surface area contributed by atoms with E-state index in [2.05, 4.69) is 21.9 Å². The number of aromatic nitrogens is 1. The number of ether oxygens (including phenoxy) is 2. The number of amides is 4. The lowest BCUT2D eigenvalue weighted by molar-refractivity contribution is -0.143. The van der Waals surface area contributed by atoms with Crippen molar-refractivity contribution in [3.63, 3.8) is 0 Å². The van der Waals surface area contributed by atoms with E-state index in [4.69, 9.17) is 14.5 Å². The van der Waals surface area contributed by atoms with E-state index in [-0.39, 0.29) is 19.4 Å². The van der Waals surface area contributed by atoms with Crippen LogP contribution >= 0.6 is 0 Å². The second kappa shape index (κ2) is 14.1. The predicted molar refractivity (Wildman–Crippen MR) is 192 cm³/mol. The summed E-state index contributed by atoms with van der Waals surface area (Å²) in [7, 11) is -3.91. The Kier molecular flexibility index (Phi) is 10.5. The Labute approximate surface area is 300 Å². The highest BCUT2D eigenvalue weighted by atomic mass is 32.2. The van der Waals surface area contributed by atoms with Crippen LogP contribution in [0, 0.1) is 5.41 Å². The molecular weight excluding hydrogens is 675 g/mol. The number of carbonyl (C=O) groups is 4. The number of alkyl carbamates (subject to hydrolysis) is 1. The molecule has 0 radical (unpaired) electrons. The number of nitrogens with one attached hydrogen (secondary N) is 3. The van der Waals surface area contributed by atoms with Crippen LogP contribution in [0.25, 0.3) is 10.8 Å². The van der Waals surface area contributed by atoms with Crippen LogP contribution in [0.1, 0.15) is 91.8 Å². The molecule has 5 rings (SSSR count). The van der Waals surface area contributed by atoms with Gasteiger partial charge in [-0.3, -0.25) is 19.1 Å². The summed E-state index contributed by atoms with van der Waals surface area (Å²) in [6.45, 7) is 15.6. The highest BCUT2D eigenvalue weighted by molar-refractivity contribution is 7.91. The van der Waals surface area contributed by atoms with Crippen LogP contribution in [0.3, 0.4) is 0 Å². The summed E-state index contributed by atoms with van der Waals surface area (Å²) in [5, 5.41) is 6.68. The molecule has 278 valence electrons. The zero-order chi connectivity index (χ0) is 37.5. The van der Waals surface area contributed by atoms with Crippen LogP contribution in [0.4, 0.5) is 4.79 Å². The highest BCUT2D eigenvalue weighted by Gasteiger charge is 2.49. The SMILES string of the molecule is C=CC[C@@](C)(NC(=O)[C@@H]1C[C@@H](Oc2nc3c(c4ccccc24)CCC3)CN1C(=O)[C@@H](NC(=O)OC(C)(C)C)C(C)(C)C)C(=O)NS(=O)(=O)C1CC1. The molecular formula is C37H51N5O8S. The fraction of sp³-hybridized carbons (Fsp3) is 0.595. The average molecular weight is 726 g/mol. The van der Waals surface area contributed by atoms with Gasteiger partial charge in [0.05, 0.1) is 11.8 Å². The molecule has 0 bridgehead atoms. The largest absolute Gasteiger partial charge is 0.472 e. The summed E-state index contributed by atoms with van der Waals surface area (Å²) in [4.78, 5) is 61.4. The predicted octanol–water partition coefficient (Wildman–Crippen LogP) is 4.07. The maximum absolute atomic E-state index is 14.5. The minimum Gasteiger partial charge on any atom is -0.472 e. The van der Waals surface area contributed by atoms with Crippen LogP contribution in [0.5, 0.6) is 5.88 Å². The second-order valence-corrected chi connectivity index (χ2v) is 18.1. The molecule has 0 spiro atoms. The van der Waals surface area contributed by atoms with Crippen molar-refractivity contribution in [1.82, 2.24) is 25.2 Å². The van der Waals surface area contributed by atoms with Gasteiger partial charge in [0.2, 0.25) is 27.7 Å². The number of likely N-dealkylation sites (tertiary alicyclic amines) is 1. The number of hydrogen-bond donors (Lipinski definition) is 3. The number of benzene rings is 1. The molecule has 1 aliphatic heterocycles. The average Bonchev–Trinajstić information content (AvgIpc) is 3.65. The van der Waals surface area contributed by atoms with Crippen molar-refractivity contribution >= 4 is 44.6 Å². The van der Waals surface area contributed by atoms with E-state index in [1.165, 1.54) is 23.5 Å². The lowest BCUT2D eigenvalue weighted by atomic mass is 9.85. The number of rotatable bonds is 11. The van der Waals surface area contributed by atoms with Crippen molar-refractivity contribution in [1.29, 1.82) is 0 Å². The van der Waals surface area contributed by atoms with Crippen molar-refractivity contribution < 1.29 is 37.1 Å². The Balaban J connectivity index is 1.47. The summed E-state index contributed by atoms with van der Waals surface area (Å²) in [6, 6.07) is 5.60. The molecule has 1 aromatic heterocycles. The van der Waals surface area contributed by atoms with E-state index in [0.717, 1.165) is 35.7 Å². The van der Waals surface area contributed by atoms with Crippen LogP contribution in [-0.2, 0) is 42.0 Å². The smallest absolute Gasteiger partial charge is 0.408 e. The first-order chi connectivity index (χ1) is 23.7. The third-order valence-electron chi connectivity index (χ3n) is 9.46. The zero-order valence-corrected chi connectivity index (χ0v) is 31.4. The molecule has 1 saturated carbocycles. The molecule has 2 fully saturated rings. The number of pyridine rings is 1. The van der Waals surface area contributed by atoms with Crippen LogP contribution in [0.2, 0.25) is 0 Å². The number of nitrogens with zero attached hydrogens (tertiary/aromatic N) is 2. The lowest BCUT2D eigenvalue weighted by Crippen LogP contribution is -2.62. The van der Waals surface area contributed by atoms with E-state index < -0.39 is 73.8 Å². The standard InChI is InChI=1S/C37H51N5O8S/c1-9-19-37(8,33(45)41-51(47,48)23-17-18-23)40-30(43)28-20-22(49-31-26-14-11-10-13-24(26)25-15-12-16-27(25)38-31)21-42(28)32(44)29(35(2,3)4)39-34(46)50-36(5,6)7/h9-11,13-14,22-23,28-29H,1,12,15-21H2,2-8H3,(H,39,46)(H,40,43)(H,41,45)/t22-,28+,29-,37-/m1/s1. The van der Waals surface area contributed by atoms with Crippen molar-refractivity contribution in [3.8, 4) is 5.88 Å². The first-order valence-corrected chi connectivity index (χ1v) is 19.1. The van der Waals surface area contributed by atoms with Gasteiger partial charge in [-0.2, -0.15) is 0 Å². The number of aryl methyl sites for hydroxylation is 2. The molecule has 2 aromatic rings. The fourth-order valence-corrected chi connectivity index (χ4v) is 8.07. The van der Waals surface area contributed by atoms with Crippen molar-refractivity contribution in [2.45, 2.75) is 128 Å². The van der Waals surface area contributed by atoms with Gasteiger partial charge in [-0.1, -0.05) is 45.0 Å². The van der Waals surface area contributed by atoms with Gasteiger partial charge >= 0.3 is 6.09 Å². The normalized spacial score (nSPS) is 20.9. The van der Waals surface area contributed by atoms with E-state index in [9.17, 15) is 27.6 Å². The van der Waals surface area contributed by atoms with Gasteiger partial charge in [-0.05, 0) is 88.7 Å². The molecule has 4 atom stereocenters. The van der Waals surface area contributed by atoms with E-state index in [1.807, 2.05) is 24.3 Å². The summed E-state index contributed by atoms with van der Waals surface area (Å²) >= 11 is 0. The van der Waals surface area contributed by atoms with Gasteiger partial charge in [-0.25, -0.2) is 18.2 Å². The van der Waals surface area contributed by atoms with E-state index >= 15 is 0 Å². The van der Waals surface area contributed by atoms with Crippen molar-refractivity contribution in [3.05, 3.63) is 48.2 Å². The summed E-state index contributed by atoms with van der Waals surface area (Å²) in [6.07, 6.45) is 3.54. The first-order valence-electron chi connectivity index (χ1n) is 17.6. The number of carbonyl (C=O) groups excluding carboxylic acids is 4. The Morgan fingerprint density at radius 1 is 1.04 bits per heavy atom. The minimum atomic E-state index is -3.91. The maximum atomic E-state index is 14.5. The van der Waals surface area contributed by atoms with Crippen molar-refractivity contribution in [2.24, 2.45) is 5.41 Å². The Morgan fingerprint density at radius 2 is 1.71 bits per heavy atom. The summed E-state index contributed by atoms with van der Waals surface area (Å²) in [5.41, 5.74) is -1.17. The molecule has 13 nitrogen and oxygen atoms in total. The third-order valence-corrected chi connectivity index (χ3v) is 11.3. The number of sulfonamides is 1. The van der Waals surface area contributed by atoms with E-state index in [0.29, 0.717) is 18.7 Å². The fourth-order valence-electron chi connectivity index (χ4n) is 6.67. The van der Waals surface area contributed by atoms with Crippen LogP contribution in [-0.4, -0.2) is 83.2 Å². The first kappa shape index (κ1) is 38.0. The van der Waals surface area contributed by atoms with E-state index in [1.54, 1.807) is 41.5 Å². The molecule has 1 aromatic carbocycles. The molecule has 4 amide bonds. The highest BCUT2D eigenvalue weighted by Crippen LogP contribution is 2.36. The lowest BCUT2D eigenvalue weighted by Gasteiger charge is -2.36.